The fourth-order valence-electron chi connectivity index (χ4n) is 8.90. The van der Waals surface area contributed by atoms with Crippen molar-refractivity contribution in [3.63, 3.8) is 0 Å². The quantitative estimate of drug-likeness (QED) is 0.319. The van der Waals surface area contributed by atoms with Gasteiger partial charge in [-0.15, -0.1) is 0 Å². The molecule has 1 atom stereocenters. The Morgan fingerprint density at radius 1 is 0.941 bits per heavy atom. The molecule has 3 aromatic rings. The van der Waals surface area contributed by atoms with Gasteiger partial charge in [0.15, 0.2) is 0 Å². The number of fused-ring (bicyclic) bond motifs is 2. The fourth-order valence-corrected chi connectivity index (χ4v) is 10.0. The molecule has 0 radical (unpaired) electrons. The molecule has 0 bridgehead atoms. The molecule has 3 aliphatic heterocycles. The van der Waals surface area contributed by atoms with Crippen LogP contribution in [0.5, 0.6) is 5.75 Å². The number of piperazine rings is 1. The van der Waals surface area contributed by atoms with Crippen LogP contribution in [0.15, 0.2) is 36.4 Å². The van der Waals surface area contributed by atoms with E-state index >= 15 is 0 Å². The Balaban J connectivity index is 1.34. The maximum atomic E-state index is 14.5. The van der Waals surface area contributed by atoms with Gasteiger partial charge in [-0.3, -0.25) is 14.5 Å². The number of methoxy groups -OCH3 is 1. The van der Waals surface area contributed by atoms with Gasteiger partial charge in [-0.25, -0.2) is 4.72 Å². The summed E-state index contributed by atoms with van der Waals surface area (Å²) in [6.45, 7) is 11.0. The Morgan fingerprint density at radius 2 is 1.71 bits per heavy atom. The van der Waals surface area contributed by atoms with Crippen LogP contribution in [0.1, 0.15) is 86.2 Å². The van der Waals surface area contributed by atoms with Crippen LogP contribution in [0.2, 0.25) is 0 Å². The van der Waals surface area contributed by atoms with E-state index in [2.05, 4.69) is 38.1 Å². The van der Waals surface area contributed by atoms with Gasteiger partial charge in [-0.2, -0.15) is 12.7 Å². The highest BCUT2D eigenvalue weighted by molar-refractivity contribution is 7.87. The summed E-state index contributed by atoms with van der Waals surface area (Å²) >= 11 is 0. The molecule has 4 fully saturated rings. The second-order valence-electron chi connectivity index (χ2n) is 15.5. The van der Waals surface area contributed by atoms with Crippen LogP contribution in [-0.2, 0) is 26.3 Å². The van der Waals surface area contributed by atoms with Crippen LogP contribution in [0.4, 0.5) is 0 Å². The van der Waals surface area contributed by atoms with Gasteiger partial charge in [0, 0.05) is 67.3 Å². The highest BCUT2D eigenvalue weighted by Crippen LogP contribution is 2.46. The average Bonchev–Trinajstić information content (AvgIpc) is 3.73. The second-order valence-corrected chi connectivity index (χ2v) is 17.2. The minimum Gasteiger partial charge on any atom is -0.497 e. The number of nitrogens with zero attached hydrogens (tertiary/aromatic N) is 4. The zero-order valence-corrected chi connectivity index (χ0v) is 31.4. The first-order valence-electron chi connectivity index (χ1n) is 18.7. The van der Waals surface area contributed by atoms with E-state index in [4.69, 9.17) is 9.47 Å². The molecule has 11 nitrogen and oxygen atoms in total. The number of aromatic nitrogens is 1. The third kappa shape index (κ3) is 7.17. The topological polar surface area (TPSA) is 113 Å². The predicted molar refractivity (Wildman–Crippen MR) is 198 cm³/mol. The molecule has 4 aliphatic rings. The first kappa shape index (κ1) is 35.9. The lowest BCUT2D eigenvalue weighted by Gasteiger charge is -2.41. The Labute approximate surface area is 302 Å². The van der Waals surface area contributed by atoms with Crippen molar-refractivity contribution in [2.24, 2.45) is 5.41 Å². The lowest BCUT2D eigenvalue weighted by molar-refractivity contribution is -0.143. The summed E-state index contributed by atoms with van der Waals surface area (Å²) in [5, 5.41) is 1.04. The molecular weight excluding hydrogens is 667 g/mol. The maximum Gasteiger partial charge on any atom is 0.304 e. The summed E-state index contributed by atoms with van der Waals surface area (Å²) in [5.41, 5.74) is 4.77. The zero-order chi connectivity index (χ0) is 35.9. The maximum absolute atomic E-state index is 14.5. The van der Waals surface area contributed by atoms with Gasteiger partial charge in [-0.05, 0) is 100 Å². The van der Waals surface area contributed by atoms with Gasteiger partial charge in [0.05, 0.1) is 31.4 Å². The van der Waals surface area contributed by atoms with Gasteiger partial charge >= 0.3 is 10.2 Å². The third-order valence-corrected chi connectivity index (χ3v) is 13.1. The average molecular weight is 720 g/mol. The van der Waals surface area contributed by atoms with E-state index in [1.807, 2.05) is 32.0 Å². The number of rotatable bonds is 9. The normalized spacial score (nSPS) is 21.2. The second kappa shape index (κ2) is 14.5. The molecule has 4 heterocycles. The van der Waals surface area contributed by atoms with Crippen molar-refractivity contribution < 1.29 is 27.5 Å². The molecule has 2 amide bonds. The predicted octanol–water partition coefficient (Wildman–Crippen LogP) is 5.31. The molecule has 7 rings (SSSR count). The highest BCUT2D eigenvalue weighted by Gasteiger charge is 2.40. The molecule has 1 aromatic heterocycles. The van der Waals surface area contributed by atoms with E-state index in [1.165, 1.54) is 22.7 Å². The Kier molecular flexibility index (Phi) is 10.2. The van der Waals surface area contributed by atoms with Crippen LogP contribution >= 0.6 is 0 Å². The first-order valence-corrected chi connectivity index (χ1v) is 20.2. The summed E-state index contributed by atoms with van der Waals surface area (Å²) in [4.78, 5) is 32.8. The number of benzene rings is 2. The van der Waals surface area contributed by atoms with E-state index in [9.17, 15) is 18.0 Å². The van der Waals surface area contributed by atoms with Crippen molar-refractivity contribution in [1.82, 2.24) is 23.4 Å². The number of hydrogen-bond donors (Lipinski definition) is 1. The standard InChI is InChI=1S/C39H53N5O6S/c1-27-23-31(49-4)13-15-32(27)36-35(28-9-6-5-7-10-28)33-14-12-29(37(45)40-51(47,48)43-19-21-50-22-20-43)24-34(33)44(36)26-39(2,3)38(46)42-18-17-41-16-8-11-30(41)25-42/h12-15,23-24,28,30H,5-11,16-22,25-26H2,1-4H3,(H,40,45)/t30-/m1/s1. The Hall–Kier alpha value is -3.45. The fraction of sp³-hybridized carbons (Fsp3) is 0.590. The molecule has 12 heteroatoms. The van der Waals surface area contributed by atoms with Crippen molar-refractivity contribution in [3.05, 3.63) is 53.1 Å². The molecule has 3 saturated heterocycles. The van der Waals surface area contributed by atoms with Crippen LogP contribution in [0, 0.1) is 12.3 Å². The number of amides is 2. The van der Waals surface area contributed by atoms with Crippen molar-refractivity contribution in [2.75, 3.05) is 59.6 Å². The van der Waals surface area contributed by atoms with Gasteiger partial charge in [0.1, 0.15) is 5.75 Å². The number of carbonyl (C=O) groups excluding carboxylic acids is 2. The van der Waals surface area contributed by atoms with Crippen molar-refractivity contribution >= 4 is 32.9 Å². The molecule has 0 unspecified atom stereocenters. The summed E-state index contributed by atoms with van der Waals surface area (Å²) in [6, 6.07) is 12.1. The Morgan fingerprint density at radius 3 is 2.43 bits per heavy atom. The minimum atomic E-state index is -4.05. The van der Waals surface area contributed by atoms with Crippen molar-refractivity contribution in [1.29, 1.82) is 0 Å². The van der Waals surface area contributed by atoms with Crippen LogP contribution in [0.3, 0.4) is 0 Å². The SMILES string of the molecule is COc1ccc(-c2c(C3CCCCC3)c3ccc(C(=O)NS(=O)(=O)N4CCOCC4)cc3n2CC(C)(C)C(=O)N2CCN3CCC[C@@H]3C2)c(C)c1. The third-order valence-electron chi connectivity index (χ3n) is 11.6. The van der Waals surface area contributed by atoms with Crippen LogP contribution < -0.4 is 9.46 Å². The largest absolute Gasteiger partial charge is 0.497 e. The number of morpholine rings is 1. The zero-order valence-electron chi connectivity index (χ0n) is 30.6. The Bertz CT molecular complexity index is 1890. The molecule has 276 valence electrons. The van der Waals surface area contributed by atoms with E-state index < -0.39 is 21.5 Å². The summed E-state index contributed by atoms with van der Waals surface area (Å²) in [6.07, 6.45) is 7.95. The number of hydrogen-bond acceptors (Lipinski definition) is 7. The monoisotopic (exact) mass is 719 g/mol. The molecule has 1 N–H and O–H groups in total. The van der Waals surface area contributed by atoms with Crippen molar-refractivity contribution in [2.45, 2.75) is 84.2 Å². The van der Waals surface area contributed by atoms with Gasteiger partial charge in [0.25, 0.3) is 5.91 Å². The van der Waals surface area contributed by atoms with E-state index in [1.54, 1.807) is 13.2 Å². The smallest absolute Gasteiger partial charge is 0.304 e. The van der Waals surface area contributed by atoms with Gasteiger partial charge < -0.3 is 18.9 Å². The molecule has 0 spiro atoms. The summed E-state index contributed by atoms with van der Waals surface area (Å²) in [7, 11) is -2.38. The number of nitrogens with one attached hydrogen (secondary N) is 1. The van der Waals surface area contributed by atoms with E-state index in [0.717, 1.165) is 91.8 Å². The van der Waals surface area contributed by atoms with E-state index in [0.29, 0.717) is 18.5 Å². The summed E-state index contributed by atoms with van der Waals surface area (Å²) in [5.74, 6) is 0.551. The molecular formula is C39H53N5O6S. The first-order chi connectivity index (χ1) is 24.5. The lowest BCUT2D eigenvalue weighted by atomic mass is 9.81. The molecule has 1 saturated carbocycles. The van der Waals surface area contributed by atoms with Gasteiger partial charge in [-0.1, -0.05) is 25.3 Å². The van der Waals surface area contributed by atoms with Gasteiger partial charge in [0.2, 0.25) is 5.91 Å². The highest BCUT2D eigenvalue weighted by atomic mass is 32.2. The number of aryl methyl sites for hydroxylation is 1. The number of ether oxygens (including phenoxy) is 2. The summed E-state index contributed by atoms with van der Waals surface area (Å²) < 4.78 is 43.1. The number of carbonyl (C=O) groups is 2. The van der Waals surface area contributed by atoms with Crippen LogP contribution in [-0.4, -0.2) is 105 Å². The minimum absolute atomic E-state index is 0.137. The molecule has 2 aromatic carbocycles. The molecule has 1 aliphatic carbocycles. The van der Waals surface area contributed by atoms with Crippen LogP contribution in [0.25, 0.3) is 22.2 Å². The molecule has 51 heavy (non-hydrogen) atoms. The van der Waals surface area contributed by atoms with Crippen molar-refractivity contribution in [3.8, 4) is 17.0 Å². The van der Waals surface area contributed by atoms with E-state index in [-0.39, 0.29) is 37.8 Å². The lowest BCUT2D eigenvalue weighted by Crippen LogP contribution is -2.55.